The van der Waals surface area contributed by atoms with Crippen molar-refractivity contribution in [1.29, 1.82) is 0 Å². The van der Waals surface area contributed by atoms with Crippen LogP contribution >= 0.6 is 0 Å². The van der Waals surface area contributed by atoms with Gasteiger partial charge < -0.3 is 15.4 Å². The maximum Gasteiger partial charge on any atom is 0.179 e. The molecular weight excluding hydrogens is 254 g/mol. The molecule has 7 heteroatoms. The van der Waals surface area contributed by atoms with Crippen molar-refractivity contribution < 1.29 is 13.2 Å². The molecule has 1 aromatic rings. The van der Waals surface area contributed by atoms with E-state index in [1.807, 2.05) is 0 Å². The Hall–Kier alpha value is -1.18. The second-order valence-electron chi connectivity index (χ2n) is 3.79. The first-order valence-electron chi connectivity index (χ1n) is 5.64. The molecule has 0 saturated carbocycles. The summed E-state index contributed by atoms with van der Waals surface area (Å²) in [5.74, 6) is 0.397. The van der Waals surface area contributed by atoms with Crippen molar-refractivity contribution in [2.45, 2.75) is 4.90 Å². The molecule has 2 N–H and O–H groups in total. The highest BCUT2D eigenvalue weighted by atomic mass is 32.2. The van der Waals surface area contributed by atoms with Crippen LogP contribution in [0.15, 0.2) is 23.2 Å². The van der Waals surface area contributed by atoms with Gasteiger partial charge in [-0.05, 0) is 12.1 Å². The number of hydrogen-bond acceptors (Lipinski definition) is 6. The van der Waals surface area contributed by atoms with Gasteiger partial charge in [0.05, 0.1) is 6.61 Å². The van der Waals surface area contributed by atoms with Gasteiger partial charge in [-0.15, -0.1) is 0 Å². The molecular formula is C11H19N3O3S. The zero-order chi connectivity index (χ0) is 13.4. The van der Waals surface area contributed by atoms with Gasteiger partial charge in [0.2, 0.25) is 0 Å². The van der Waals surface area contributed by atoms with E-state index in [1.165, 1.54) is 6.26 Å². The lowest BCUT2D eigenvalue weighted by atomic mass is 10.4. The SMILES string of the molecule is COCCNCCNc1ncccc1S(C)(=O)=O. The fourth-order valence-corrected chi connectivity index (χ4v) is 2.19. The highest BCUT2D eigenvalue weighted by molar-refractivity contribution is 7.90. The van der Waals surface area contributed by atoms with Gasteiger partial charge in [0.25, 0.3) is 0 Å². The topological polar surface area (TPSA) is 80.3 Å². The Morgan fingerprint density at radius 3 is 2.78 bits per heavy atom. The molecule has 0 unspecified atom stereocenters. The van der Waals surface area contributed by atoms with E-state index in [0.29, 0.717) is 25.5 Å². The molecule has 0 fully saturated rings. The van der Waals surface area contributed by atoms with Crippen molar-refractivity contribution in [3.05, 3.63) is 18.3 Å². The predicted molar refractivity (Wildman–Crippen MR) is 70.6 cm³/mol. The van der Waals surface area contributed by atoms with E-state index < -0.39 is 9.84 Å². The van der Waals surface area contributed by atoms with Crippen molar-refractivity contribution in [1.82, 2.24) is 10.3 Å². The summed E-state index contributed by atoms with van der Waals surface area (Å²) in [4.78, 5) is 4.26. The molecule has 6 nitrogen and oxygen atoms in total. The zero-order valence-corrected chi connectivity index (χ0v) is 11.5. The van der Waals surface area contributed by atoms with Crippen LogP contribution < -0.4 is 10.6 Å². The summed E-state index contributed by atoms with van der Waals surface area (Å²) in [6.45, 7) is 2.73. The number of nitrogens with one attached hydrogen (secondary N) is 2. The van der Waals surface area contributed by atoms with Crippen molar-refractivity contribution in [2.24, 2.45) is 0 Å². The number of methoxy groups -OCH3 is 1. The van der Waals surface area contributed by atoms with Gasteiger partial charge in [0.15, 0.2) is 9.84 Å². The van der Waals surface area contributed by atoms with Crippen molar-refractivity contribution in [3.8, 4) is 0 Å². The minimum atomic E-state index is -3.25. The van der Waals surface area contributed by atoms with E-state index in [4.69, 9.17) is 4.74 Å². The number of nitrogens with zero attached hydrogens (tertiary/aromatic N) is 1. The van der Waals surface area contributed by atoms with Crippen LogP contribution in [-0.4, -0.2) is 53.0 Å². The second-order valence-corrected chi connectivity index (χ2v) is 5.78. The Bertz CT molecular complexity index is 462. The molecule has 0 saturated heterocycles. The average molecular weight is 273 g/mol. The number of rotatable bonds is 8. The Balaban J connectivity index is 2.48. The van der Waals surface area contributed by atoms with E-state index in [1.54, 1.807) is 25.4 Å². The lowest BCUT2D eigenvalue weighted by Gasteiger charge is -2.09. The van der Waals surface area contributed by atoms with Gasteiger partial charge in [-0.25, -0.2) is 13.4 Å². The Kier molecular flexibility index (Phi) is 6.03. The molecule has 102 valence electrons. The van der Waals surface area contributed by atoms with Gasteiger partial charge in [0.1, 0.15) is 10.7 Å². The van der Waals surface area contributed by atoms with Crippen molar-refractivity contribution >= 4 is 15.7 Å². The van der Waals surface area contributed by atoms with Crippen LogP contribution in [0.4, 0.5) is 5.82 Å². The number of sulfone groups is 1. The molecule has 0 aliphatic heterocycles. The van der Waals surface area contributed by atoms with Crippen LogP contribution in [0.2, 0.25) is 0 Å². The Labute approximate surface area is 108 Å². The zero-order valence-electron chi connectivity index (χ0n) is 10.6. The minimum absolute atomic E-state index is 0.224. The standard InChI is InChI=1S/C11H19N3O3S/c1-17-9-8-12-6-7-14-11-10(18(2,15)16)4-3-5-13-11/h3-5,12H,6-9H2,1-2H3,(H,13,14). The third-order valence-corrected chi connectivity index (χ3v) is 3.38. The van der Waals surface area contributed by atoms with Crippen LogP contribution in [0.5, 0.6) is 0 Å². The minimum Gasteiger partial charge on any atom is -0.383 e. The van der Waals surface area contributed by atoms with Gasteiger partial charge in [-0.2, -0.15) is 0 Å². The predicted octanol–water partition coefficient (Wildman–Crippen LogP) is 0.133. The highest BCUT2D eigenvalue weighted by Crippen LogP contribution is 2.16. The Morgan fingerprint density at radius 1 is 1.33 bits per heavy atom. The first-order valence-corrected chi connectivity index (χ1v) is 7.53. The van der Waals surface area contributed by atoms with E-state index in [0.717, 1.165) is 6.54 Å². The summed E-state index contributed by atoms with van der Waals surface area (Å²) in [5.41, 5.74) is 0. The molecule has 0 aromatic carbocycles. The number of pyridine rings is 1. The smallest absolute Gasteiger partial charge is 0.179 e. The number of anilines is 1. The number of hydrogen-bond donors (Lipinski definition) is 2. The largest absolute Gasteiger partial charge is 0.383 e. The lowest BCUT2D eigenvalue weighted by molar-refractivity contribution is 0.200. The monoisotopic (exact) mass is 273 g/mol. The van der Waals surface area contributed by atoms with Crippen LogP contribution in [0.1, 0.15) is 0 Å². The second kappa shape index (κ2) is 7.30. The van der Waals surface area contributed by atoms with E-state index >= 15 is 0 Å². The summed E-state index contributed by atoms with van der Waals surface area (Å²) >= 11 is 0. The lowest BCUT2D eigenvalue weighted by Crippen LogP contribution is -2.26. The maximum absolute atomic E-state index is 11.5. The summed E-state index contributed by atoms with van der Waals surface area (Å²) in [6.07, 6.45) is 2.74. The molecule has 1 heterocycles. The maximum atomic E-state index is 11.5. The van der Waals surface area contributed by atoms with Gasteiger partial charge in [-0.1, -0.05) is 0 Å². The molecule has 0 aliphatic rings. The van der Waals surface area contributed by atoms with Crippen molar-refractivity contribution in [2.75, 3.05) is 44.9 Å². The first kappa shape index (κ1) is 14.9. The van der Waals surface area contributed by atoms with E-state index in [9.17, 15) is 8.42 Å². The third kappa shape index (κ3) is 4.99. The van der Waals surface area contributed by atoms with Gasteiger partial charge >= 0.3 is 0 Å². The van der Waals surface area contributed by atoms with Gasteiger partial charge in [0, 0.05) is 39.2 Å². The molecule has 0 radical (unpaired) electrons. The first-order chi connectivity index (χ1) is 8.55. The molecule has 0 amide bonds. The quantitative estimate of drug-likeness (QED) is 0.656. The molecule has 0 atom stereocenters. The summed E-state index contributed by atoms with van der Waals surface area (Å²) < 4.78 is 27.9. The van der Waals surface area contributed by atoms with Crippen LogP contribution in [-0.2, 0) is 14.6 Å². The fourth-order valence-electron chi connectivity index (χ4n) is 1.39. The van der Waals surface area contributed by atoms with Crippen LogP contribution in [0.25, 0.3) is 0 Å². The third-order valence-electron chi connectivity index (χ3n) is 2.25. The molecule has 1 rings (SSSR count). The van der Waals surface area contributed by atoms with E-state index in [2.05, 4.69) is 15.6 Å². The highest BCUT2D eigenvalue weighted by Gasteiger charge is 2.12. The van der Waals surface area contributed by atoms with E-state index in [-0.39, 0.29) is 4.90 Å². The summed E-state index contributed by atoms with van der Waals surface area (Å²) in [6, 6.07) is 3.15. The molecule has 0 bridgehead atoms. The number of aromatic nitrogens is 1. The molecule has 18 heavy (non-hydrogen) atoms. The average Bonchev–Trinajstić information content (AvgIpc) is 2.33. The Morgan fingerprint density at radius 2 is 2.11 bits per heavy atom. The fraction of sp³-hybridized carbons (Fsp3) is 0.545. The van der Waals surface area contributed by atoms with Crippen LogP contribution in [0, 0.1) is 0 Å². The molecule has 1 aromatic heterocycles. The normalized spacial score (nSPS) is 11.4. The van der Waals surface area contributed by atoms with Crippen LogP contribution in [0.3, 0.4) is 0 Å². The van der Waals surface area contributed by atoms with Gasteiger partial charge in [-0.3, -0.25) is 0 Å². The summed E-state index contributed by atoms with van der Waals surface area (Å²) in [5, 5.41) is 6.15. The molecule has 0 spiro atoms. The van der Waals surface area contributed by atoms with Crippen molar-refractivity contribution in [3.63, 3.8) is 0 Å². The summed E-state index contributed by atoms with van der Waals surface area (Å²) in [7, 11) is -1.61. The molecule has 0 aliphatic carbocycles. The number of ether oxygens (including phenoxy) is 1.